The van der Waals surface area contributed by atoms with E-state index in [1.807, 2.05) is 19.1 Å². The maximum atomic E-state index is 11.8. The molecule has 5 nitrogen and oxygen atoms in total. The maximum Gasteiger partial charge on any atom is 0.335 e. The Balaban J connectivity index is 1.93. The summed E-state index contributed by atoms with van der Waals surface area (Å²) in [6, 6.07) is 6.89. The Morgan fingerprint density at radius 2 is 2.05 bits per heavy atom. The van der Waals surface area contributed by atoms with Gasteiger partial charge >= 0.3 is 11.9 Å². The first-order chi connectivity index (χ1) is 10.1. The van der Waals surface area contributed by atoms with Crippen molar-refractivity contribution < 1.29 is 19.4 Å². The molecule has 114 valence electrons. The van der Waals surface area contributed by atoms with E-state index in [0.717, 1.165) is 31.5 Å². The second-order valence-corrected chi connectivity index (χ2v) is 5.33. The number of nitrogens with zero attached hydrogens (tertiary/aromatic N) is 1. The zero-order chi connectivity index (χ0) is 15.2. The number of carbonyl (C=O) groups excluding carboxylic acids is 1. The molecule has 1 N–H and O–H groups in total. The number of hydrogen-bond donors (Lipinski definition) is 1. The van der Waals surface area contributed by atoms with Crippen LogP contribution >= 0.6 is 0 Å². The highest BCUT2D eigenvalue weighted by Gasteiger charge is 2.26. The summed E-state index contributed by atoms with van der Waals surface area (Å²) in [6.07, 6.45) is 1.87. The van der Waals surface area contributed by atoms with Gasteiger partial charge in [-0.25, -0.2) is 4.79 Å². The first kappa shape index (κ1) is 15.5. The monoisotopic (exact) mass is 291 g/mol. The van der Waals surface area contributed by atoms with Crippen molar-refractivity contribution in [2.45, 2.75) is 26.3 Å². The lowest BCUT2D eigenvalue weighted by Crippen LogP contribution is -2.38. The summed E-state index contributed by atoms with van der Waals surface area (Å²) in [5, 5.41) is 8.88. The average molecular weight is 291 g/mol. The van der Waals surface area contributed by atoms with Crippen molar-refractivity contribution in [1.29, 1.82) is 0 Å². The molecule has 1 aromatic rings. The molecule has 0 aliphatic carbocycles. The minimum absolute atomic E-state index is 0.0445. The standard InChI is InChI=1S/C16H21NO4/c1-2-21-16(20)14-4-3-9-17(11-14)10-12-5-7-13(8-6-12)15(18)19/h5-8,14H,2-4,9-11H2,1H3,(H,18,19)/t14-/m1/s1. The number of esters is 1. The molecule has 0 saturated carbocycles. The molecule has 0 spiro atoms. The highest BCUT2D eigenvalue weighted by atomic mass is 16.5. The fourth-order valence-electron chi connectivity index (χ4n) is 2.66. The van der Waals surface area contributed by atoms with Crippen LogP contribution in [-0.4, -0.2) is 41.6 Å². The molecule has 1 saturated heterocycles. The molecule has 1 heterocycles. The third-order valence-electron chi connectivity index (χ3n) is 3.73. The van der Waals surface area contributed by atoms with Gasteiger partial charge < -0.3 is 9.84 Å². The first-order valence-corrected chi connectivity index (χ1v) is 7.31. The lowest BCUT2D eigenvalue weighted by atomic mass is 9.97. The minimum Gasteiger partial charge on any atom is -0.478 e. The molecule has 0 unspecified atom stereocenters. The number of aromatic carboxylic acids is 1. The molecule has 1 fully saturated rings. The van der Waals surface area contributed by atoms with Gasteiger partial charge in [0.2, 0.25) is 0 Å². The Morgan fingerprint density at radius 3 is 2.67 bits per heavy atom. The zero-order valence-electron chi connectivity index (χ0n) is 12.2. The lowest BCUT2D eigenvalue weighted by molar-refractivity contribution is -0.150. The molecule has 1 aliphatic rings. The van der Waals surface area contributed by atoms with Crippen LogP contribution in [0, 0.1) is 5.92 Å². The summed E-state index contributed by atoms with van der Waals surface area (Å²) in [5.41, 5.74) is 1.35. The highest BCUT2D eigenvalue weighted by Crippen LogP contribution is 2.20. The van der Waals surface area contributed by atoms with Crippen molar-refractivity contribution in [3.05, 3.63) is 35.4 Å². The molecule has 1 aliphatic heterocycles. The van der Waals surface area contributed by atoms with E-state index in [2.05, 4.69) is 4.90 Å². The van der Waals surface area contributed by atoms with Gasteiger partial charge in [0.1, 0.15) is 0 Å². The number of hydrogen-bond acceptors (Lipinski definition) is 4. The SMILES string of the molecule is CCOC(=O)[C@@H]1CCCN(Cc2ccc(C(=O)O)cc2)C1. The molecule has 0 radical (unpaired) electrons. The Labute approximate surface area is 124 Å². The van der Waals surface area contributed by atoms with E-state index < -0.39 is 5.97 Å². The zero-order valence-corrected chi connectivity index (χ0v) is 12.2. The quantitative estimate of drug-likeness (QED) is 0.842. The summed E-state index contributed by atoms with van der Waals surface area (Å²) < 4.78 is 5.09. The second-order valence-electron chi connectivity index (χ2n) is 5.33. The predicted octanol–water partition coefficient (Wildman–Crippen LogP) is 2.16. The van der Waals surface area contributed by atoms with Crippen LogP contribution in [0.4, 0.5) is 0 Å². The fraction of sp³-hybridized carbons (Fsp3) is 0.500. The lowest BCUT2D eigenvalue weighted by Gasteiger charge is -2.31. The van der Waals surface area contributed by atoms with Crippen LogP contribution in [0.25, 0.3) is 0 Å². The Kier molecular flexibility index (Phi) is 5.33. The molecular formula is C16H21NO4. The third kappa shape index (κ3) is 4.29. The molecule has 0 aromatic heterocycles. The smallest absolute Gasteiger partial charge is 0.335 e. The van der Waals surface area contributed by atoms with Crippen LogP contribution in [0.1, 0.15) is 35.7 Å². The Morgan fingerprint density at radius 1 is 1.33 bits per heavy atom. The summed E-state index contributed by atoms with van der Waals surface area (Å²) in [6.45, 7) is 4.64. The van der Waals surface area contributed by atoms with Crippen LogP contribution in [0.3, 0.4) is 0 Å². The molecule has 21 heavy (non-hydrogen) atoms. The van der Waals surface area contributed by atoms with Gasteiger partial charge in [0, 0.05) is 13.1 Å². The highest BCUT2D eigenvalue weighted by molar-refractivity contribution is 5.87. The largest absolute Gasteiger partial charge is 0.478 e. The number of ether oxygens (including phenoxy) is 1. The number of rotatable bonds is 5. The van der Waals surface area contributed by atoms with Gasteiger partial charge in [-0.15, -0.1) is 0 Å². The van der Waals surface area contributed by atoms with E-state index in [1.165, 1.54) is 0 Å². The van der Waals surface area contributed by atoms with Gasteiger partial charge in [-0.2, -0.15) is 0 Å². The number of carboxylic acids is 1. The molecule has 0 bridgehead atoms. The summed E-state index contributed by atoms with van der Waals surface area (Å²) in [4.78, 5) is 24.8. The predicted molar refractivity (Wildman–Crippen MR) is 78.0 cm³/mol. The van der Waals surface area contributed by atoms with Crippen LogP contribution < -0.4 is 0 Å². The van der Waals surface area contributed by atoms with E-state index in [-0.39, 0.29) is 11.9 Å². The van der Waals surface area contributed by atoms with Crippen molar-refractivity contribution in [2.75, 3.05) is 19.7 Å². The molecule has 1 atom stereocenters. The summed E-state index contributed by atoms with van der Waals surface area (Å²) in [5.74, 6) is -1.07. The molecule has 5 heteroatoms. The molecular weight excluding hydrogens is 270 g/mol. The summed E-state index contributed by atoms with van der Waals surface area (Å²) in [7, 11) is 0. The molecule has 2 rings (SSSR count). The first-order valence-electron chi connectivity index (χ1n) is 7.31. The van der Waals surface area contributed by atoms with Crippen LogP contribution in [0.2, 0.25) is 0 Å². The number of carboxylic acid groups (broad SMARTS) is 1. The number of carbonyl (C=O) groups is 2. The van der Waals surface area contributed by atoms with Gasteiger partial charge in [-0.3, -0.25) is 9.69 Å². The number of likely N-dealkylation sites (tertiary alicyclic amines) is 1. The van der Waals surface area contributed by atoms with Gasteiger partial charge in [0.15, 0.2) is 0 Å². The Bertz CT molecular complexity index is 498. The van der Waals surface area contributed by atoms with Gasteiger partial charge in [0.25, 0.3) is 0 Å². The van der Waals surface area contributed by atoms with Crippen molar-refractivity contribution in [3.63, 3.8) is 0 Å². The summed E-state index contributed by atoms with van der Waals surface area (Å²) >= 11 is 0. The van der Waals surface area contributed by atoms with E-state index in [0.29, 0.717) is 18.7 Å². The van der Waals surface area contributed by atoms with Crippen molar-refractivity contribution >= 4 is 11.9 Å². The van der Waals surface area contributed by atoms with Crippen LogP contribution in [0.5, 0.6) is 0 Å². The van der Waals surface area contributed by atoms with Gasteiger partial charge in [-0.1, -0.05) is 12.1 Å². The number of benzene rings is 1. The Hall–Kier alpha value is -1.88. The van der Waals surface area contributed by atoms with E-state index in [9.17, 15) is 9.59 Å². The van der Waals surface area contributed by atoms with Crippen LogP contribution in [0.15, 0.2) is 24.3 Å². The minimum atomic E-state index is -0.915. The van der Waals surface area contributed by atoms with Crippen molar-refractivity contribution in [1.82, 2.24) is 4.90 Å². The maximum absolute atomic E-state index is 11.8. The second kappa shape index (κ2) is 7.22. The van der Waals surface area contributed by atoms with E-state index in [1.54, 1.807) is 12.1 Å². The third-order valence-corrected chi connectivity index (χ3v) is 3.73. The van der Waals surface area contributed by atoms with E-state index >= 15 is 0 Å². The van der Waals surface area contributed by atoms with Gasteiger partial charge in [-0.05, 0) is 44.0 Å². The normalized spacial score (nSPS) is 19.2. The van der Waals surface area contributed by atoms with Crippen molar-refractivity contribution in [3.8, 4) is 0 Å². The fourth-order valence-corrected chi connectivity index (χ4v) is 2.66. The average Bonchev–Trinajstić information content (AvgIpc) is 2.48. The number of piperidine rings is 1. The van der Waals surface area contributed by atoms with E-state index in [4.69, 9.17) is 9.84 Å². The molecule has 1 aromatic carbocycles. The van der Waals surface area contributed by atoms with Crippen LogP contribution in [-0.2, 0) is 16.1 Å². The van der Waals surface area contributed by atoms with Gasteiger partial charge in [0.05, 0.1) is 18.1 Å². The topological polar surface area (TPSA) is 66.8 Å². The van der Waals surface area contributed by atoms with Crippen molar-refractivity contribution in [2.24, 2.45) is 5.92 Å². The molecule has 0 amide bonds.